The van der Waals surface area contributed by atoms with Gasteiger partial charge in [0.05, 0.1) is 25.3 Å². The maximum atomic E-state index is 12.3. The summed E-state index contributed by atoms with van der Waals surface area (Å²) in [5, 5.41) is 3.14. The zero-order chi connectivity index (χ0) is 16.2. The van der Waals surface area contributed by atoms with Crippen molar-refractivity contribution < 1.29 is 9.53 Å². The minimum atomic E-state index is 0.0631. The summed E-state index contributed by atoms with van der Waals surface area (Å²) >= 11 is 0. The van der Waals surface area contributed by atoms with Crippen molar-refractivity contribution in [2.75, 3.05) is 26.2 Å². The Kier molecular flexibility index (Phi) is 5.34. The summed E-state index contributed by atoms with van der Waals surface area (Å²) in [6, 6.07) is 6.77. The normalized spacial score (nSPS) is 23.1. The van der Waals surface area contributed by atoms with Gasteiger partial charge < -0.3 is 10.1 Å². The molecule has 2 atom stereocenters. The number of carbonyl (C=O) groups excluding carboxylic acids is 1. The summed E-state index contributed by atoms with van der Waals surface area (Å²) in [4.78, 5) is 14.5. The second-order valence-corrected chi connectivity index (χ2v) is 6.94. The molecule has 1 N–H and O–H groups in total. The quantitative estimate of drug-likeness (QED) is 0.928. The second kappa shape index (κ2) is 7.45. The monoisotopic (exact) mass is 316 g/mol. The van der Waals surface area contributed by atoms with Crippen LogP contribution in [0, 0.1) is 0 Å². The Labute approximate surface area is 139 Å². The fraction of sp³-hybridized carbons (Fsp3) is 0.632. The molecule has 0 saturated carbocycles. The van der Waals surface area contributed by atoms with Crippen LogP contribution < -0.4 is 5.32 Å². The minimum absolute atomic E-state index is 0.0631. The first kappa shape index (κ1) is 16.5. The Morgan fingerprint density at radius 1 is 1.35 bits per heavy atom. The van der Waals surface area contributed by atoms with E-state index in [2.05, 4.69) is 42.3 Å². The van der Waals surface area contributed by atoms with E-state index < -0.39 is 0 Å². The molecule has 0 spiro atoms. The summed E-state index contributed by atoms with van der Waals surface area (Å²) < 4.78 is 5.52. The molecule has 1 fully saturated rings. The number of morpholine rings is 1. The van der Waals surface area contributed by atoms with E-state index in [-0.39, 0.29) is 18.1 Å². The van der Waals surface area contributed by atoms with Gasteiger partial charge in [0.25, 0.3) is 0 Å². The number of hydrogen-bond acceptors (Lipinski definition) is 3. The first-order chi connectivity index (χ1) is 11.1. The summed E-state index contributed by atoms with van der Waals surface area (Å²) in [5.41, 5.74) is 4.17. The zero-order valence-corrected chi connectivity index (χ0v) is 14.3. The van der Waals surface area contributed by atoms with Crippen LogP contribution in [0.2, 0.25) is 0 Å². The van der Waals surface area contributed by atoms with Gasteiger partial charge in [-0.15, -0.1) is 0 Å². The number of hydrogen-bond donors (Lipinski definition) is 1. The molecule has 1 aliphatic carbocycles. The van der Waals surface area contributed by atoms with Gasteiger partial charge in [0, 0.05) is 13.1 Å². The zero-order valence-electron chi connectivity index (χ0n) is 14.3. The Morgan fingerprint density at radius 3 is 2.91 bits per heavy atom. The molecule has 1 saturated heterocycles. The van der Waals surface area contributed by atoms with Crippen LogP contribution >= 0.6 is 0 Å². The second-order valence-electron chi connectivity index (χ2n) is 6.94. The van der Waals surface area contributed by atoms with Crippen LogP contribution in [0.5, 0.6) is 0 Å². The Hall–Kier alpha value is -1.39. The SMILES string of the molecule is C[C@H](NC(=O)CN1CCO[C@@H](C)C1)c1ccc2c(c1)CCCC2. The molecule has 23 heavy (non-hydrogen) atoms. The molecule has 1 amide bonds. The predicted molar refractivity (Wildman–Crippen MR) is 91.5 cm³/mol. The molecule has 126 valence electrons. The molecular formula is C19H28N2O2. The van der Waals surface area contributed by atoms with Gasteiger partial charge in [-0.25, -0.2) is 0 Å². The minimum Gasteiger partial charge on any atom is -0.376 e. The van der Waals surface area contributed by atoms with Crippen LogP contribution in [0.1, 0.15) is 49.4 Å². The lowest BCUT2D eigenvalue weighted by Gasteiger charge is -2.30. The van der Waals surface area contributed by atoms with Crippen molar-refractivity contribution in [1.82, 2.24) is 10.2 Å². The van der Waals surface area contributed by atoms with Crippen molar-refractivity contribution >= 4 is 5.91 Å². The number of benzene rings is 1. The van der Waals surface area contributed by atoms with Gasteiger partial charge in [-0.3, -0.25) is 9.69 Å². The lowest BCUT2D eigenvalue weighted by atomic mass is 9.89. The Bertz CT molecular complexity index is 558. The third kappa shape index (κ3) is 4.33. The molecule has 0 unspecified atom stereocenters. The van der Waals surface area contributed by atoms with E-state index in [9.17, 15) is 4.79 Å². The average Bonchev–Trinajstić information content (AvgIpc) is 2.54. The van der Waals surface area contributed by atoms with E-state index >= 15 is 0 Å². The third-order valence-corrected chi connectivity index (χ3v) is 4.94. The van der Waals surface area contributed by atoms with E-state index in [1.165, 1.54) is 42.4 Å². The summed E-state index contributed by atoms with van der Waals surface area (Å²) in [6.45, 7) is 6.98. The predicted octanol–water partition coefficient (Wildman–Crippen LogP) is 2.46. The molecular weight excluding hydrogens is 288 g/mol. The van der Waals surface area contributed by atoms with Gasteiger partial charge >= 0.3 is 0 Å². The number of carbonyl (C=O) groups is 1. The number of fused-ring (bicyclic) bond motifs is 1. The highest BCUT2D eigenvalue weighted by atomic mass is 16.5. The van der Waals surface area contributed by atoms with Gasteiger partial charge in [-0.05, 0) is 56.2 Å². The fourth-order valence-corrected chi connectivity index (χ4v) is 3.63. The maximum absolute atomic E-state index is 12.3. The first-order valence-corrected chi connectivity index (χ1v) is 8.87. The molecule has 1 aromatic carbocycles. The summed E-state index contributed by atoms with van der Waals surface area (Å²) in [5.74, 6) is 0.101. The van der Waals surface area contributed by atoms with E-state index in [0.717, 1.165) is 19.7 Å². The smallest absolute Gasteiger partial charge is 0.234 e. The highest BCUT2D eigenvalue weighted by Crippen LogP contribution is 2.24. The van der Waals surface area contributed by atoms with E-state index in [4.69, 9.17) is 4.74 Å². The number of aryl methyl sites for hydroxylation is 2. The van der Waals surface area contributed by atoms with Crippen LogP contribution in [-0.2, 0) is 22.4 Å². The molecule has 0 bridgehead atoms. The van der Waals surface area contributed by atoms with Crippen LogP contribution in [-0.4, -0.2) is 43.2 Å². The van der Waals surface area contributed by atoms with Crippen molar-refractivity contribution in [1.29, 1.82) is 0 Å². The average molecular weight is 316 g/mol. The lowest BCUT2D eigenvalue weighted by Crippen LogP contribution is -2.46. The van der Waals surface area contributed by atoms with Crippen LogP contribution in [0.4, 0.5) is 0 Å². The highest BCUT2D eigenvalue weighted by molar-refractivity contribution is 5.78. The molecule has 4 nitrogen and oxygen atoms in total. The van der Waals surface area contributed by atoms with Crippen LogP contribution in [0.25, 0.3) is 0 Å². The number of rotatable bonds is 4. The number of ether oxygens (including phenoxy) is 1. The summed E-state index contributed by atoms with van der Waals surface area (Å²) in [7, 11) is 0. The molecule has 4 heteroatoms. The fourth-order valence-electron chi connectivity index (χ4n) is 3.63. The molecule has 1 aromatic rings. The van der Waals surface area contributed by atoms with Crippen molar-refractivity contribution in [3.63, 3.8) is 0 Å². The van der Waals surface area contributed by atoms with Gasteiger partial charge in [0.2, 0.25) is 5.91 Å². The molecule has 3 rings (SSSR count). The van der Waals surface area contributed by atoms with Crippen molar-refractivity contribution in [3.05, 3.63) is 34.9 Å². The number of nitrogens with one attached hydrogen (secondary N) is 1. The van der Waals surface area contributed by atoms with E-state index in [1.54, 1.807) is 0 Å². The molecule has 1 heterocycles. The Balaban J connectivity index is 1.55. The van der Waals surface area contributed by atoms with Crippen molar-refractivity contribution in [2.45, 2.75) is 51.7 Å². The maximum Gasteiger partial charge on any atom is 0.234 e. The van der Waals surface area contributed by atoms with Gasteiger partial charge in [-0.2, -0.15) is 0 Å². The third-order valence-electron chi connectivity index (χ3n) is 4.94. The standard InChI is InChI=1S/C19H28N2O2/c1-14-12-21(9-10-23-14)13-19(22)20-15(2)17-8-7-16-5-3-4-6-18(16)11-17/h7-8,11,14-15H,3-6,9-10,12-13H2,1-2H3,(H,20,22)/t14-,15-/m0/s1. The lowest BCUT2D eigenvalue weighted by molar-refractivity contribution is -0.124. The number of amides is 1. The van der Waals surface area contributed by atoms with Gasteiger partial charge in [0.15, 0.2) is 0 Å². The number of nitrogens with zero attached hydrogens (tertiary/aromatic N) is 1. The molecule has 1 aliphatic heterocycles. The van der Waals surface area contributed by atoms with Crippen LogP contribution in [0.15, 0.2) is 18.2 Å². The van der Waals surface area contributed by atoms with Gasteiger partial charge in [0.1, 0.15) is 0 Å². The first-order valence-electron chi connectivity index (χ1n) is 8.87. The van der Waals surface area contributed by atoms with E-state index in [1.807, 2.05) is 0 Å². The largest absolute Gasteiger partial charge is 0.376 e. The Morgan fingerprint density at radius 2 is 2.13 bits per heavy atom. The molecule has 2 aliphatic rings. The topological polar surface area (TPSA) is 41.6 Å². The molecule has 0 radical (unpaired) electrons. The van der Waals surface area contributed by atoms with E-state index in [0.29, 0.717) is 6.54 Å². The summed E-state index contributed by atoms with van der Waals surface area (Å²) in [6.07, 6.45) is 5.18. The molecule has 0 aromatic heterocycles. The van der Waals surface area contributed by atoms with Crippen LogP contribution in [0.3, 0.4) is 0 Å². The van der Waals surface area contributed by atoms with Crippen molar-refractivity contribution in [2.24, 2.45) is 0 Å². The highest BCUT2D eigenvalue weighted by Gasteiger charge is 2.20. The van der Waals surface area contributed by atoms with Crippen molar-refractivity contribution in [3.8, 4) is 0 Å². The van der Waals surface area contributed by atoms with Gasteiger partial charge in [-0.1, -0.05) is 18.2 Å².